The van der Waals surface area contributed by atoms with Gasteiger partial charge in [-0.2, -0.15) is 0 Å². The largest absolute Gasteiger partial charge is 0.495 e. The minimum absolute atomic E-state index is 0.0379. The van der Waals surface area contributed by atoms with E-state index < -0.39 is 0 Å². The van der Waals surface area contributed by atoms with Crippen LogP contribution in [0.4, 0.5) is 5.69 Å². The van der Waals surface area contributed by atoms with Crippen LogP contribution in [0, 0.1) is 0 Å². The number of amides is 2. The molecule has 2 amide bonds. The zero-order valence-corrected chi connectivity index (χ0v) is 17.2. The van der Waals surface area contributed by atoms with Crippen molar-refractivity contribution in [1.29, 1.82) is 0 Å². The summed E-state index contributed by atoms with van der Waals surface area (Å²) in [7, 11) is 1.59. The summed E-state index contributed by atoms with van der Waals surface area (Å²) in [5, 5.41) is 2.90. The highest BCUT2D eigenvalue weighted by Crippen LogP contribution is 2.23. The smallest absolute Gasteiger partial charge is 0.253 e. The standard InChI is InChI=1S/C23H29N3O3/c1-3-18-8-10-19(11-9-18)23(28)26-16-14-25(15-17-26)13-12-22(27)24-20-6-4-5-7-21(20)29-2/h4-11H,3,12-17H2,1-2H3,(H,24,27). The van der Waals surface area contributed by atoms with E-state index in [1.54, 1.807) is 7.11 Å². The molecule has 2 aromatic carbocycles. The van der Waals surface area contributed by atoms with Gasteiger partial charge in [-0.1, -0.05) is 31.2 Å². The Labute approximate surface area is 172 Å². The Morgan fingerprint density at radius 1 is 1.00 bits per heavy atom. The summed E-state index contributed by atoms with van der Waals surface area (Å²) in [5.41, 5.74) is 2.66. The summed E-state index contributed by atoms with van der Waals surface area (Å²) in [6, 6.07) is 15.2. The molecule has 0 spiro atoms. The van der Waals surface area contributed by atoms with E-state index in [0.717, 1.165) is 25.1 Å². The number of methoxy groups -OCH3 is 1. The van der Waals surface area contributed by atoms with Crippen LogP contribution in [0.2, 0.25) is 0 Å². The van der Waals surface area contributed by atoms with E-state index in [0.29, 0.717) is 37.5 Å². The lowest BCUT2D eigenvalue weighted by molar-refractivity contribution is -0.116. The molecule has 0 aliphatic carbocycles. The number of hydrogen-bond acceptors (Lipinski definition) is 4. The first-order chi connectivity index (χ1) is 14.1. The van der Waals surface area contributed by atoms with Crippen molar-refractivity contribution in [3.8, 4) is 5.75 Å². The van der Waals surface area contributed by atoms with Crippen LogP contribution in [-0.4, -0.2) is 61.4 Å². The summed E-state index contributed by atoms with van der Waals surface area (Å²) >= 11 is 0. The maximum atomic E-state index is 12.7. The molecule has 1 fully saturated rings. The van der Waals surface area contributed by atoms with Crippen LogP contribution >= 0.6 is 0 Å². The highest BCUT2D eigenvalue weighted by atomic mass is 16.5. The molecular formula is C23H29N3O3. The number of carbonyl (C=O) groups is 2. The molecule has 29 heavy (non-hydrogen) atoms. The lowest BCUT2D eigenvalue weighted by Gasteiger charge is -2.34. The fraction of sp³-hybridized carbons (Fsp3) is 0.391. The van der Waals surface area contributed by atoms with Crippen LogP contribution in [0.5, 0.6) is 5.75 Å². The molecule has 0 atom stereocenters. The maximum Gasteiger partial charge on any atom is 0.253 e. The number of anilines is 1. The Kier molecular flexibility index (Phi) is 7.25. The Morgan fingerprint density at radius 2 is 1.69 bits per heavy atom. The lowest BCUT2D eigenvalue weighted by atomic mass is 10.1. The van der Waals surface area contributed by atoms with Gasteiger partial charge in [0.1, 0.15) is 5.75 Å². The number of para-hydroxylation sites is 2. The third-order valence-electron chi connectivity index (χ3n) is 5.30. The van der Waals surface area contributed by atoms with Crippen molar-refractivity contribution in [1.82, 2.24) is 9.80 Å². The molecule has 1 heterocycles. The number of rotatable bonds is 7. The van der Waals surface area contributed by atoms with Crippen LogP contribution in [0.25, 0.3) is 0 Å². The van der Waals surface area contributed by atoms with Gasteiger partial charge in [0.2, 0.25) is 5.91 Å². The van der Waals surface area contributed by atoms with Crippen molar-refractivity contribution in [2.24, 2.45) is 0 Å². The van der Waals surface area contributed by atoms with Gasteiger partial charge in [0.25, 0.3) is 5.91 Å². The van der Waals surface area contributed by atoms with Gasteiger partial charge < -0.3 is 15.0 Å². The van der Waals surface area contributed by atoms with Gasteiger partial charge in [0.05, 0.1) is 12.8 Å². The Balaban J connectivity index is 1.43. The molecule has 0 bridgehead atoms. The number of nitrogens with one attached hydrogen (secondary N) is 1. The van der Waals surface area contributed by atoms with E-state index in [1.165, 1.54) is 5.56 Å². The van der Waals surface area contributed by atoms with Crippen molar-refractivity contribution in [3.63, 3.8) is 0 Å². The SMILES string of the molecule is CCc1ccc(C(=O)N2CCN(CCC(=O)Nc3ccccc3OC)CC2)cc1. The van der Waals surface area contributed by atoms with Crippen molar-refractivity contribution in [2.45, 2.75) is 19.8 Å². The van der Waals surface area contributed by atoms with E-state index in [1.807, 2.05) is 53.4 Å². The average Bonchev–Trinajstić information content (AvgIpc) is 2.78. The van der Waals surface area contributed by atoms with E-state index in [2.05, 4.69) is 17.1 Å². The summed E-state index contributed by atoms with van der Waals surface area (Å²) in [5.74, 6) is 0.699. The number of hydrogen-bond donors (Lipinski definition) is 1. The van der Waals surface area contributed by atoms with Crippen LogP contribution < -0.4 is 10.1 Å². The Hall–Kier alpha value is -2.86. The van der Waals surface area contributed by atoms with Gasteiger partial charge in [-0.05, 0) is 36.2 Å². The van der Waals surface area contributed by atoms with Crippen molar-refractivity contribution >= 4 is 17.5 Å². The number of nitrogens with zero attached hydrogens (tertiary/aromatic N) is 2. The van der Waals surface area contributed by atoms with E-state index >= 15 is 0 Å². The van der Waals surface area contributed by atoms with E-state index in [9.17, 15) is 9.59 Å². The molecule has 6 nitrogen and oxygen atoms in total. The first-order valence-corrected chi connectivity index (χ1v) is 10.1. The van der Waals surface area contributed by atoms with Crippen LogP contribution in [0.1, 0.15) is 29.3 Å². The molecule has 0 unspecified atom stereocenters. The molecule has 0 aromatic heterocycles. The van der Waals surface area contributed by atoms with Crippen molar-refractivity contribution in [3.05, 3.63) is 59.7 Å². The summed E-state index contributed by atoms with van der Waals surface area (Å²) in [4.78, 5) is 29.1. The second kappa shape index (κ2) is 10.1. The quantitative estimate of drug-likeness (QED) is 0.783. The fourth-order valence-corrected chi connectivity index (χ4v) is 3.46. The molecule has 0 saturated carbocycles. The molecule has 1 aliphatic rings. The van der Waals surface area contributed by atoms with Gasteiger partial charge >= 0.3 is 0 Å². The molecule has 3 rings (SSSR count). The topological polar surface area (TPSA) is 61.9 Å². The molecular weight excluding hydrogens is 366 g/mol. The minimum atomic E-state index is -0.0379. The molecule has 2 aromatic rings. The molecule has 6 heteroatoms. The van der Waals surface area contributed by atoms with Gasteiger partial charge in [-0.3, -0.25) is 14.5 Å². The highest BCUT2D eigenvalue weighted by molar-refractivity contribution is 5.94. The van der Waals surface area contributed by atoms with Crippen LogP contribution in [-0.2, 0) is 11.2 Å². The minimum Gasteiger partial charge on any atom is -0.495 e. The van der Waals surface area contributed by atoms with Gasteiger partial charge in [0, 0.05) is 44.7 Å². The third-order valence-corrected chi connectivity index (χ3v) is 5.30. The second-order valence-electron chi connectivity index (χ2n) is 7.18. The van der Waals surface area contributed by atoms with Crippen molar-refractivity contribution in [2.75, 3.05) is 45.2 Å². The predicted molar refractivity (Wildman–Crippen MR) is 114 cm³/mol. The Morgan fingerprint density at radius 3 is 2.34 bits per heavy atom. The summed E-state index contributed by atoms with van der Waals surface area (Å²) in [6.07, 6.45) is 1.38. The van der Waals surface area contributed by atoms with E-state index in [4.69, 9.17) is 4.74 Å². The van der Waals surface area contributed by atoms with Crippen LogP contribution in [0.15, 0.2) is 48.5 Å². The average molecular weight is 396 g/mol. The zero-order valence-electron chi connectivity index (χ0n) is 17.2. The number of ether oxygens (including phenoxy) is 1. The number of benzene rings is 2. The van der Waals surface area contributed by atoms with Crippen LogP contribution in [0.3, 0.4) is 0 Å². The first kappa shape index (κ1) is 20.9. The summed E-state index contributed by atoms with van der Waals surface area (Å²) < 4.78 is 5.26. The van der Waals surface area contributed by atoms with Gasteiger partial charge in [0.15, 0.2) is 0 Å². The van der Waals surface area contributed by atoms with Crippen molar-refractivity contribution < 1.29 is 14.3 Å². The number of aryl methyl sites for hydroxylation is 1. The molecule has 0 radical (unpaired) electrons. The zero-order chi connectivity index (χ0) is 20.6. The Bertz CT molecular complexity index is 828. The molecule has 1 aliphatic heterocycles. The maximum absolute atomic E-state index is 12.7. The van der Waals surface area contributed by atoms with E-state index in [-0.39, 0.29) is 11.8 Å². The number of carbonyl (C=O) groups excluding carboxylic acids is 2. The summed E-state index contributed by atoms with van der Waals surface area (Å²) in [6.45, 7) is 5.70. The second-order valence-corrected chi connectivity index (χ2v) is 7.18. The third kappa shape index (κ3) is 5.57. The van der Waals surface area contributed by atoms with Gasteiger partial charge in [-0.25, -0.2) is 0 Å². The highest BCUT2D eigenvalue weighted by Gasteiger charge is 2.22. The first-order valence-electron chi connectivity index (χ1n) is 10.1. The van der Waals surface area contributed by atoms with Gasteiger partial charge in [-0.15, -0.1) is 0 Å². The fourth-order valence-electron chi connectivity index (χ4n) is 3.46. The molecule has 1 N–H and O–H groups in total. The normalized spacial score (nSPS) is 14.5. The molecule has 154 valence electrons. The lowest BCUT2D eigenvalue weighted by Crippen LogP contribution is -2.49. The molecule has 1 saturated heterocycles. The predicted octanol–water partition coefficient (Wildman–Crippen LogP) is 3.04. The monoisotopic (exact) mass is 395 g/mol. The number of piperazine rings is 1.